The Balaban J connectivity index is 0.00000131. The van der Waals surface area contributed by atoms with Crippen LogP contribution in [0, 0.1) is 0 Å². The lowest BCUT2D eigenvalue weighted by Gasteiger charge is -2.31. The normalized spacial score (nSPS) is 16.2. The molecule has 0 saturated heterocycles. The first-order chi connectivity index (χ1) is 12.2. The molecule has 0 unspecified atom stereocenters. The third kappa shape index (κ3) is 4.50. The number of nitrogens with one attached hydrogen (secondary N) is 1. The Morgan fingerprint density at radius 3 is 2.74 bits per heavy atom. The van der Waals surface area contributed by atoms with Crippen molar-refractivity contribution in [1.29, 1.82) is 0 Å². The number of nitrogen functional groups attached to an aromatic ring is 1. The van der Waals surface area contributed by atoms with E-state index in [1.54, 1.807) is 6.20 Å². The fraction of sp³-hybridized carbons (Fsp3) is 0.474. The van der Waals surface area contributed by atoms with Crippen LogP contribution in [0.4, 0.5) is 17.2 Å². The maximum absolute atomic E-state index is 12.6. The molecule has 8 heteroatoms. The Morgan fingerprint density at radius 1 is 1.19 bits per heavy atom. The van der Waals surface area contributed by atoms with Crippen molar-refractivity contribution in [3.8, 4) is 0 Å². The average molecular weight is 412 g/mol. The van der Waals surface area contributed by atoms with E-state index < -0.39 is 0 Å². The average Bonchev–Trinajstić information content (AvgIpc) is 3.27. The van der Waals surface area contributed by atoms with Crippen molar-refractivity contribution in [3.63, 3.8) is 0 Å². The molecule has 1 amide bonds. The number of nitrogens with zero attached hydrogens (tertiary/aromatic N) is 3. The third-order valence-corrected chi connectivity index (χ3v) is 5.33. The van der Waals surface area contributed by atoms with Crippen molar-refractivity contribution in [1.82, 2.24) is 9.78 Å². The largest absolute Gasteiger partial charge is 0.398 e. The van der Waals surface area contributed by atoms with E-state index in [2.05, 4.69) is 21.4 Å². The Morgan fingerprint density at radius 2 is 1.96 bits per heavy atom. The van der Waals surface area contributed by atoms with Crippen LogP contribution in [0.15, 0.2) is 30.5 Å². The number of amides is 1. The van der Waals surface area contributed by atoms with Crippen molar-refractivity contribution in [2.45, 2.75) is 44.6 Å². The lowest BCUT2D eigenvalue weighted by molar-refractivity contribution is -0.115. The maximum Gasteiger partial charge on any atom is 0.245 e. The maximum atomic E-state index is 12.6. The summed E-state index contributed by atoms with van der Waals surface area (Å²) in [5.74, 6) is 0.803. The molecule has 3 N–H and O–H groups in total. The Hall–Kier alpha value is -1.92. The first kappa shape index (κ1) is 21.4. The molecule has 0 atom stereocenters. The summed E-state index contributed by atoms with van der Waals surface area (Å²) in [6.45, 7) is 1.22. The van der Waals surface area contributed by atoms with Gasteiger partial charge in [0.05, 0.1) is 18.8 Å². The number of carbonyl (C=O) groups is 1. The zero-order valence-corrected chi connectivity index (χ0v) is 16.9. The highest BCUT2D eigenvalue weighted by molar-refractivity contribution is 5.93. The van der Waals surface area contributed by atoms with Gasteiger partial charge in [-0.15, -0.1) is 24.8 Å². The third-order valence-electron chi connectivity index (χ3n) is 5.33. The van der Waals surface area contributed by atoms with Crippen molar-refractivity contribution in [2.75, 3.05) is 29.0 Å². The molecule has 2 aromatic rings. The number of halogens is 2. The highest BCUT2D eigenvalue weighted by Gasteiger charge is 2.23. The minimum Gasteiger partial charge on any atom is -0.398 e. The lowest BCUT2D eigenvalue weighted by atomic mass is 10.00. The molecular weight excluding hydrogens is 385 g/mol. The summed E-state index contributed by atoms with van der Waals surface area (Å²) in [6, 6.07) is 8.25. The van der Waals surface area contributed by atoms with E-state index in [0.717, 1.165) is 55.0 Å². The monoisotopic (exact) mass is 411 g/mol. The number of hydrogen-bond acceptors (Lipinski definition) is 4. The summed E-state index contributed by atoms with van der Waals surface area (Å²) in [6.07, 6.45) is 8.54. The minimum atomic E-state index is -0.00461. The second-order valence-electron chi connectivity index (χ2n) is 7.02. The van der Waals surface area contributed by atoms with Crippen LogP contribution < -0.4 is 16.0 Å². The van der Waals surface area contributed by atoms with Gasteiger partial charge in [0, 0.05) is 24.0 Å². The van der Waals surface area contributed by atoms with E-state index in [-0.39, 0.29) is 30.7 Å². The molecule has 2 heterocycles. The summed E-state index contributed by atoms with van der Waals surface area (Å²) in [5, 5.41) is 7.47. The van der Waals surface area contributed by atoms with Gasteiger partial charge in [-0.2, -0.15) is 5.10 Å². The molecule has 1 aromatic carbocycles. The zero-order valence-electron chi connectivity index (χ0n) is 15.3. The molecule has 27 heavy (non-hydrogen) atoms. The summed E-state index contributed by atoms with van der Waals surface area (Å²) in [4.78, 5) is 14.7. The van der Waals surface area contributed by atoms with Crippen LogP contribution in [0.25, 0.3) is 0 Å². The molecule has 0 radical (unpaired) electrons. The standard InChI is InChI=1S/C19H25N5O.2ClH/c20-16-8-3-9-17-15(16)7-4-12-23(17)13-19(25)22-18-10-11-21-24(18)14-5-1-2-6-14;;/h3,8-11,14H,1-2,4-7,12-13,20H2,(H,22,25);2*1H. The number of benzene rings is 1. The Labute approximate surface area is 172 Å². The molecule has 1 aliphatic carbocycles. The number of nitrogens with two attached hydrogens (primary N) is 1. The zero-order chi connectivity index (χ0) is 17.2. The Bertz CT molecular complexity index is 773. The molecular formula is C19H27Cl2N5O. The molecule has 0 bridgehead atoms. The van der Waals surface area contributed by atoms with Gasteiger partial charge in [0.2, 0.25) is 5.91 Å². The van der Waals surface area contributed by atoms with E-state index in [9.17, 15) is 4.79 Å². The van der Waals surface area contributed by atoms with Crippen LogP contribution in [-0.4, -0.2) is 28.8 Å². The van der Waals surface area contributed by atoms with Crippen LogP contribution in [0.2, 0.25) is 0 Å². The van der Waals surface area contributed by atoms with Crippen molar-refractivity contribution in [2.24, 2.45) is 0 Å². The SMILES string of the molecule is Cl.Cl.Nc1cccc2c1CCCN2CC(=O)Nc1ccnn1C1CCCC1. The lowest BCUT2D eigenvalue weighted by Crippen LogP contribution is -2.37. The molecule has 1 aliphatic heterocycles. The highest BCUT2D eigenvalue weighted by Crippen LogP contribution is 2.32. The van der Waals surface area contributed by atoms with Crippen LogP contribution in [0.1, 0.15) is 43.7 Å². The van der Waals surface area contributed by atoms with Crippen molar-refractivity contribution in [3.05, 3.63) is 36.0 Å². The molecule has 2 aliphatic rings. The fourth-order valence-electron chi connectivity index (χ4n) is 4.10. The number of anilines is 3. The molecule has 0 spiro atoms. The van der Waals surface area contributed by atoms with E-state index in [4.69, 9.17) is 5.73 Å². The number of aromatic nitrogens is 2. The number of fused-ring (bicyclic) bond motifs is 1. The molecule has 1 saturated carbocycles. The second-order valence-corrected chi connectivity index (χ2v) is 7.02. The van der Waals surface area contributed by atoms with Crippen LogP contribution in [-0.2, 0) is 11.2 Å². The second kappa shape index (κ2) is 9.33. The van der Waals surface area contributed by atoms with Crippen molar-refractivity contribution >= 4 is 47.9 Å². The molecule has 6 nitrogen and oxygen atoms in total. The van der Waals surface area contributed by atoms with Gasteiger partial charge in [-0.3, -0.25) is 4.79 Å². The number of hydrogen-bond donors (Lipinski definition) is 2. The molecule has 148 valence electrons. The summed E-state index contributed by atoms with van der Waals surface area (Å²) < 4.78 is 1.98. The summed E-state index contributed by atoms with van der Waals surface area (Å²) in [5.41, 5.74) is 9.17. The predicted molar refractivity (Wildman–Crippen MR) is 114 cm³/mol. The fourth-order valence-corrected chi connectivity index (χ4v) is 4.10. The van der Waals surface area contributed by atoms with E-state index in [0.29, 0.717) is 12.6 Å². The highest BCUT2D eigenvalue weighted by atomic mass is 35.5. The van der Waals surface area contributed by atoms with Gasteiger partial charge in [-0.1, -0.05) is 18.9 Å². The summed E-state index contributed by atoms with van der Waals surface area (Å²) in [7, 11) is 0. The summed E-state index contributed by atoms with van der Waals surface area (Å²) >= 11 is 0. The van der Waals surface area contributed by atoms with Gasteiger partial charge in [-0.05, 0) is 43.4 Å². The molecule has 4 rings (SSSR count). The van der Waals surface area contributed by atoms with E-state index in [1.165, 1.54) is 12.8 Å². The van der Waals surface area contributed by atoms with Crippen LogP contribution in [0.5, 0.6) is 0 Å². The minimum absolute atomic E-state index is 0. The quantitative estimate of drug-likeness (QED) is 0.749. The Kier molecular flexibility index (Phi) is 7.39. The van der Waals surface area contributed by atoms with E-state index >= 15 is 0 Å². The molecule has 1 fully saturated rings. The van der Waals surface area contributed by atoms with Gasteiger partial charge >= 0.3 is 0 Å². The first-order valence-electron chi connectivity index (χ1n) is 9.18. The van der Waals surface area contributed by atoms with Gasteiger partial charge in [0.15, 0.2) is 0 Å². The number of carbonyl (C=O) groups excluding carboxylic acids is 1. The molecule has 1 aromatic heterocycles. The smallest absolute Gasteiger partial charge is 0.245 e. The van der Waals surface area contributed by atoms with Gasteiger partial charge in [0.25, 0.3) is 0 Å². The van der Waals surface area contributed by atoms with Crippen LogP contribution >= 0.6 is 24.8 Å². The van der Waals surface area contributed by atoms with Crippen LogP contribution in [0.3, 0.4) is 0 Å². The van der Waals surface area contributed by atoms with Gasteiger partial charge < -0.3 is 16.0 Å². The topological polar surface area (TPSA) is 76.2 Å². The van der Waals surface area contributed by atoms with E-state index in [1.807, 2.05) is 22.9 Å². The number of rotatable bonds is 4. The van der Waals surface area contributed by atoms with Crippen molar-refractivity contribution < 1.29 is 4.79 Å². The van der Waals surface area contributed by atoms with Gasteiger partial charge in [-0.25, -0.2) is 4.68 Å². The van der Waals surface area contributed by atoms with Gasteiger partial charge in [0.1, 0.15) is 5.82 Å². The predicted octanol–water partition coefficient (Wildman–Crippen LogP) is 3.82. The first-order valence-corrected chi connectivity index (χ1v) is 9.18.